The fourth-order valence-electron chi connectivity index (χ4n) is 2.90. The van der Waals surface area contributed by atoms with Gasteiger partial charge in [-0.1, -0.05) is 6.07 Å². The fraction of sp³-hybridized carbons (Fsp3) is 0.562. The zero-order valence-corrected chi connectivity index (χ0v) is 13.1. The van der Waals surface area contributed by atoms with Gasteiger partial charge in [-0.05, 0) is 25.0 Å². The first kappa shape index (κ1) is 15.7. The predicted octanol–water partition coefficient (Wildman–Crippen LogP) is 0.0254. The normalized spacial score (nSPS) is 21.3. The van der Waals surface area contributed by atoms with Crippen LogP contribution in [0, 0.1) is 0 Å². The number of nitrogens with zero attached hydrogens (tertiary/aromatic N) is 3. The summed E-state index contributed by atoms with van der Waals surface area (Å²) in [7, 11) is 0. The number of hydrogen-bond acceptors (Lipinski definition) is 5. The molecule has 23 heavy (non-hydrogen) atoms. The Balaban J connectivity index is 1.42. The van der Waals surface area contributed by atoms with Gasteiger partial charge in [0.15, 0.2) is 0 Å². The van der Waals surface area contributed by atoms with Crippen LogP contribution in [0.3, 0.4) is 0 Å². The zero-order chi connectivity index (χ0) is 16.1. The van der Waals surface area contributed by atoms with Crippen LogP contribution in [0.25, 0.3) is 0 Å². The quantitative estimate of drug-likeness (QED) is 0.847. The van der Waals surface area contributed by atoms with Crippen molar-refractivity contribution >= 4 is 17.6 Å². The SMILES string of the molecule is O=C(NCC(=O)N1CCN(c2ccccn2)CC1)[C@H]1CCCO1. The number of ether oxygens (including phenoxy) is 1. The number of amides is 2. The molecule has 0 unspecified atom stereocenters. The van der Waals surface area contributed by atoms with E-state index >= 15 is 0 Å². The first-order valence-electron chi connectivity index (χ1n) is 8.07. The Kier molecular flexibility index (Phi) is 5.07. The number of anilines is 1. The highest BCUT2D eigenvalue weighted by Crippen LogP contribution is 2.13. The number of aromatic nitrogens is 1. The van der Waals surface area contributed by atoms with Crippen LogP contribution in [0.1, 0.15) is 12.8 Å². The summed E-state index contributed by atoms with van der Waals surface area (Å²) in [6.07, 6.45) is 3.03. The van der Waals surface area contributed by atoms with E-state index in [0.29, 0.717) is 19.7 Å². The Labute approximate surface area is 135 Å². The summed E-state index contributed by atoms with van der Waals surface area (Å²) in [5.74, 6) is 0.714. The molecule has 1 N–H and O–H groups in total. The minimum Gasteiger partial charge on any atom is -0.368 e. The second kappa shape index (κ2) is 7.41. The summed E-state index contributed by atoms with van der Waals surface area (Å²) < 4.78 is 5.31. The van der Waals surface area contributed by atoms with E-state index in [1.807, 2.05) is 18.2 Å². The number of pyridine rings is 1. The van der Waals surface area contributed by atoms with Crippen LogP contribution in [0.15, 0.2) is 24.4 Å². The summed E-state index contributed by atoms with van der Waals surface area (Å²) in [5.41, 5.74) is 0. The molecule has 0 aromatic carbocycles. The molecule has 1 atom stereocenters. The van der Waals surface area contributed by atoms with Gasteiger partial charge in [0.05, 0.1) is 6.54 Å². The number of hydrogen-bond donors (Lipinski definition) is 1. The van der Waals surface area contributed by atoms with E-state index in [9.17, 15) is 9.59 Å². The van der Waals surface area contributed by atoms with E-state index in [-0.39, 0.29) is 24.5 Å². The molecule has 1 aromatic heterocycles. The van der Waals surface area contributed by atoms with Gasteiger partial charge in [-0.25, -0.2) is 4.98 Å². The maximum absolute atomic E-state index is 12.2. The lowest BCUT2D eigenvalue weighted by Crippen LogP contribution is -2.52. The smallest absolute Gasteiger partial charge is 0.249 e. The molecule has 1 aromatic rings. The van der Waals surface area contributed by atoms with Crippen LogP contribution >= 0.6 is 0 Å². The zero-order valence-electron chi connectivity index (χ0n) is 13.1. The molecule has 7 heteroatoms. The van der Waals surface area contributed by atoms with E-state index in [2.05, 4.69) is 15.2 Å². The van der Waals surface area contributed by atoms with Gasteiger partial charge in [0, 0.05) is 39.0 Å². The van der Waals surface area contributed by atoms with Gasteiger partial charge in [-0.2, -0.15) is 0 Å². The molecule has 3 rings (SSSR count). The summed E-state index contributed by atoms with van der Waals surface area (Å²) in [4.78, 5) is 32.3. The monoisotopic (exact) mass is 318 g/mol. The van der Waals surface area contributed by atoms with Gasteiger partial charge in [0.25, 0.3) is 0 Å². The topological polar surface area (TPSA) is 74.8 Å². The van der Waals surface area contributed by atoms with Crippen molar-refractivity contribution in [3.63, 3.8) is 0 Å². The number of rotatable bonds is 4. The van der Waals surface area contributed by atoms with E-state index in [1.54, 1.807) is 11.1 Å². The molecule has 7 nitrogen and oxygen atoms in total. The molecular weight excluding hydrogens is 296 g/mol. The molecule has 2 saturated heterocycles. The van der Waals surface area contributed by atoms with Crippen molar-refractivity contribution in [1.29, 1.82) is 0 Å². The predicted molar refractivity (Wildman–Crippen MR) is 85.0 cm³/mol. The second-order valence-electron chi connectivity index (χ2n) is 5.78. The van der Waals surface area contributed by atoms with Crippen LogP contribution in [-0.4, -0.2) is 67.1 Å². The summed E-state index contributed by atoms with van der Waals surface area (Å²) in [6, 6.07) is 5.82. The first-order valence-corrected chi connectivity index (χ1v) is 8.07. The maximum atomic E-state index is 12.2. The molecular formula is C16H22N4O3. The van der Waals surface area contributed by atoms with Crippen molar-refractivity contribution in [3.8, 4) is 0 Å². The Morgan fingerprint density at radius 2 is 2.09 bits per heavy atom. The van der Waals surface area contributed by atoms with Crippen molar-refractivity contribution in [3.05, 3.63) is 24.4 Å². The second-order valence-corrected chi connectivity index (χ2v) is 5.78. The fourth-order valence-corrected chi connectivity index (χ4v) is 2.90. The van der Waals surface area contributed by atoms with Crippen LogP contribution in [0.4, 0.5) is 5.82 Å². The van der Waals surface area contributed by atoms with Gasteiger partial charge in [0.1, 0.15) is 11.9 Å². The molecule has 0 saturated carbocycles. The molecule has 2 aliphatic heterocycles. The van der Waals surface area contributed by atoms with E-state index in [1.165, 1.54) is 0 Å². The molecule has 0 spiro atoms. The van der Waals surface area contributed by atoms with Gasteiger partial charge in [0.2, 0.25) is 11.8 Å². The average Bonchev–Trinajstić information content (AvgIpc) is 3.15. The molecule has 2 fully saturated rings. The summed E-state index contributed by atoms with van der Waals surface area (Å²) in [6.45, 7) is 3.46. The highest BCUT2D eigenvalue weighted by molar-refractivity contribution is 5.87. The van der Waals surface area contributed by atoms with Crippen molar-refractivity contribution in [2.24, 2.45) is 0 Å². The largest absolute Gasteiger partial charge is 0.368 e. The molecule has 0 bridgehead atoms. The molecule has 3 heterocycles. The van der Waals surface area contributed by atoms with E-state index in [4.69, 9.17) is 4.74 Å². The molecule has 0 radical (unpaired) electrons. The Hall–Kier alpha value is -2.15. The average molecular weight is 318 g/mol. The summed E-state index contributed by atoms with van der Waals surface area (Å²) >= 11 is 0. The minimum atomic E-state index is -0.385. The minimum absolute atomic E-state index is 0.0439. The summed E-state index contributed by atoms with van der Waals surface area (Å²) in [5, 5.41) is 2.68. The maximum Gasteiger partial charge on any atom is 0.249 e. The van der Waals surface area contributed by atoms with Crippen LogP contribution in [0.5, 0.6) is 0 Å². The Morgan fingerprint density at radius 1 is 1.26 bits per heavy atom. The van der Waals surface area contributed by atoms with Crippen molar-refractivity contribution < 1.29 is 14.3 Å². The molecule has 0 aliphatic carbocycles. The van der Waals surface area contributed by atoms with Gasteiger partial charge < -0.3 is 19.9 Å². The van der Waals surface area contributed by atoms with Crippen molar-refractivity contribution in [2.75, 3.05) is 44.2 Å². The van der Waals surface area contributed by atoms with Crippen LogP contribution in [-0.2, 0) is 14.3 Å². The Bertz CT molecular complexity index is 538. The highest BCUT2D eigenvalue weighted by Gasteiger charge is 2.25. The van der Waals surface area contributed by atoms with Gasteiger partial charge in [-0.15, -0.1) is 0 Å². The highest BCUT2D eigenvalue weighted by atomic mass is 16.5. The van der Waals surface area contributed by atoms with Crippen molar-refractivity contribution in [1.82, 2.24) is 15.2 Å². The van der Waals surface area contributed by atoms with Crippen LogP contribution in [0.2, 0.25) is 0 Å². The number of nitrogens with one attached hydrogen (secondary N) is 1. The van der Waals surface area contributed by atoms with E-state index < -0.39 is 0 Å². The third-order valence-corrected chi connectivity index (χ3v) is 4.24. The standard InChI is InChI=1S/C16H22N4O3/c21-15(12-18-16(22)13-4-3-11-23-13)20-9-7-19(8-10-20)14-5-1-2-6-17-14/h1-2,5-6,13H,3-4,7-12H2,(H,18,22)/t13-/m1/s1. The third-order valence-electron chi connectivity index (χ3n) is 4.24. The number of piperazine rings is 1. The molecule has 2 aliphatic rings. The Morgan fingerprint density at radius 3 is 2.74 bits per heavy atom. The molecule has 124 valence electrons. The lowest BCUT2D eigenvalue weighted by Gasteiger charge is -2.35. The number of carbonyl (C=O) groups excluding carboxylic acids is 2. The molecule has 2 amide bonds. The lowest BCUT2D eigenvalue weighted by atomic mass is 10.2. The first-order chi connectivity index (χ1) is 11.2. The van der Waals surface area contributed by atoms with Crippen LogP contribution < -0.4 is 10.2 Å². The number of carbonyl (C=O) groups is 2. The van der Waals surface area contributed by atoms with Gasteiger partial charge in [-0.3, -0.25) is 9.59 Å². The van der Waals surface area contributed by atoms with E-state index in [0.717, 1.165) is 31.7 Å². The lowest BCUT2D eigenvalue weighted by molar-refractivity contribution is -0.136. The van der Waals surface area contributed by atoms with Crippen molar-refractivity contribution in [2.45, 2.75) is 18.9 Å². The van der Waals surface area contributed by atoms with Gasteiger partial charge >= 0.3 is 0 Å². The third kappa shape index (κ3) is 3.98.